The Morgan fingerprint density at radius 3 is 2.86 bits per heavy atom. The number of hydrogen-bond donors (Lipinski definition) is 0. The molecule has 6 heteroatoms. The number of hydrogen-bond acceptors (Lipinski definition) is 2. The molecule has 0 radical (unpaired) electrons. The number of fused-ring (bicyclic) bond motifs is 1. The first-order chi connectivity index (χ1) is 10.1. The molecule has 0 saturated carbocycles. The van der Waals surface area contributed by atoms with Crippen LogP contribution in [-0.4, -0.2) is 21.1 Å². The van der Waals surface area contributed by atoms with Crippen molar-refractivity contribution in [2.75, 3.05) is 11.5 Å². The maximum atomic E-state index is 13.9. The van der Waals surface area contributed by atoms with Gasteiger partial charge >= 0.3 is 0 Å². The molecule has 1 fully saturated rings. The molecule has 0 aliphatic carbocycles. The second kappa shape index (κ2) is 6.47. The Bertz CT molecular complexity index is 653. The molecule has 1 aromatic heterocycles. The molecule has 1 unspecified atom stereocenters. The highest BCUT2D eigenvalue weighted by Gasteiger charge is 2.21. The monoisotopic (exact) mass is 390 g/mol. The summed E-state index contributed by atoms with van der Waals surface area (Å²) in [5, 5.41) is -0.183. The zero-order chi connectivity index (χ0) is 15.0. The summed E-state index contributed by atoms with van der Waals surface area (Å²) in [6.07, 6.45) is 2.42. The first-order valence-electron chi connectivity index (χ1n) is 7.13. The summed E-state index contributed by atoms with van der Waals surface area (Å²) in [5.74, 6) is 3.63. The average Bonchev–Trinajstić information content (AvgIpc) is 2.79. The van der Waals surface area contributed by atoms with Crippen LogP contribution in [0.4, 0.5) is 4.39 Å². The van der Waals surface area contributed by atoms with E-state index in [1.54, 1.807) is 12.1 Å². The van der Waals surface area contributed by atoms with Crippen LogP contribution >= 0.6 is 39.3 Å². The zero-order valence-corrected chi connectivity index (χ0v) is 14.9. The highest BCUT2D eigenvalue weighted by atomic mass is 79.9. The number of nitrogens with zero attached hydrogens (tertiary/aromatic N) is 2. The molecule has 1 aliphatic rings. The summed E-state index contributed by atoms with van der Waals surface area (Å²) < 4.78 is 16.5. The van der Waals surface area contributed by atoms with Crippen LogP contribution < -0.4 is 0 Å². The van der Waals surface area contributed by atoms with Crippen molar-refractivity contribution >= 4 is 50.3 Å². The van der Waals surface area contributed by atoms with Gasteiger partial charge in [0.05, 0.1) is 20.9 Å². The number of alkyl halides is 1. The Labute approximate surface area is 141 Å². The lowest BCUT2D eigenvalue weighted by Crippen LogP contribution is -2.18. The molecular weight excluding hydrogens is 375 g/mol. The van der Waals surface area contributed by atoms with Crippen LogP contribution in [0.1, 0.15) is 31.0 Å². The van der Waals surface area contributed by atoms with Gasteiger partial charge < -0.3 is 4.57 Å². The Morgan fingerprint density at radius 2 is 2.19 bits per heavy atom. The van der Waals surface area contributed by atoms with Gasteiger partial charge in [-0.2, -0.15) is 11.8 Å². The molecule has 2 aromatic rings. The molecular formula is C15H17BrClFN2S. The van der Waals surface area contributed by atoms with Crippen molar-refractivity contribution in [3.63, 3.8) is 0 Å². The molecule has 0 bridgehead atoms. The van der Waals surface area contributed by atoms with Crippen molar-refractivity contribution in [2.45, 2.75) is 31.7 Å². The molecule has 21 heavy (non-hydrogen) atoms. The minimum Gasteiger partial charge on any atom is -0.326 e. The number of imidazole rings is 1. The average molecular weight is 392 g/mol. The molecule has 0 spiro atoms. The smallest absolute Gasteiger partial charge is 0.139 e. The van der Waals surface area contributed by atoms with E-state index in [-0.39, 0.29) is 11.2 Å². The van der Waals surface area contributed by atoms with Gasteiger partial charge in [0.2, 0.25) is 0 Å². The molecule has 1 aromatic carbocycles. The van der Waals surface area contributed by atoms with Crippen LogP contribution in [0.15, 0.2) is 16.6 Å². The molecule has 0 N–H and O–H groups in total. The van der Waals surface area contributed by atoms with Gasteiger partial charge in [0.15, 0.2) is 0 Å². The van der Waals surface area contributed by atoms with Crippen molar-refractivity contribution in [3.8, 4) is 0 Å². The zero-order valence-electron chi connectivity index (χ0n) is 11.8. The molecule has 0 amide bonds. The van der Waals surface area contributed by atoms with E-state index in [1.807, 2.05) is 18.7 Å². The van der Waals surface area contributed by atoms with E-state index in [2.05, 4.69) is 25.5 Å². The predicted molar refractivity (Wildman–Crippen MR) is 91.7 cm³/mol. The summed E-state index contributed by atoms with van der Waals surface area (Å²) in [7, 11) is 0. The van der Waals surface area contributed by atoms with E-state index in [1.165, 1.54) is 24.3 Å². The lowest BCUT2D eigenvalue weighted by molar-refractivity contribution is 0.415. The largest absolute Gasteiger partial charge is 0.326 e. The van der Waals surface area contributed by atoms with Gasteiger partial charge in [0.25, 0.3) is 0 Å². The molecule has 2 nitrogen and oxygen atoms in total. The van der Waals surface area contributed by atoms with Crippen molar-refractivity contribution in [2.24, 2.45) is 5.92 Å². The number of thioether (sulfide) groups is 1. The van der Waals surface area contributed by atoms with Crippen LogP contribution in [0.2, 0.25) is 0 Å². The van der Waals surface area contributed by atoms with Crippen molar-refractivity contribution in [3.05, 3.63) is 28.2 Å². The highest BCUT2D eigenvalue weighted by Crippen LogP contribution is 2.31. The number of benzene rings is 1. The third-order valence-electron chi connectivity index (χ3n) is 3.96. The van der Waals surface area contributed by atoms with Gasteiger partial charge in [0, 0.05) is 12.6 Å². The Hall–Kier alpha value is -0.260. The van der Waals surface area contributed by atoms with E-state index in [9.17, 15) is 4.39 Å². The molecule has 1 aliphatic heterocycles. The molecule has 2 heterocycles. The van der Waals surface area contributed by atoms with E-state index in [0.29, 0.717) is 10.4 Å². The van der Waals surface area contributed by atoms with Crippen LogP contribution in [-0.2, 0) is 6.54 Å². The second-order valence-corrected chi connectivity index (χ2v) is 8.24. The van der Waals surface area contributed by atoms with Gasteiger partial charge in [-0.3, -0.25) is 0 Å². The first kappa shape index (κ1) is 15.6. The normalized spacial score (nSPS) is 18.3. The van der Waals surface area contributed by atoms with Crippen LogP contribution in [0.3, 0.4) is 0 Å². The van der Waals surface area contributed by atoms with Crippen molar-refractivity contribution in [1.82, 2.24) is 9.55 Å². The topological polar surface area (TPSA) is 17.8 Å². The maximum Gasteiger partial charge on any atom is 0.139 e. The van der Waals surface area contributed by atoms with Crippen molar-refractivity contribution in [1.29, 1.82) is 0 Å². The molecule has 114 valence electrons. The fraction of sp³-hybridized carbons (Fsp3) is 0.533. The van der Waals surface area contributed by atoms with Gasteiger partial charge in [-0.1, -0.05) is 0 Å². The first-order valence-corrected chi connectivity index (χ1v) is 9.51. The van der Waals surface area contributed by atoms with Gasteiger partial charge in [-0.15, -0.1) is 11.6 Å². The SMILES string of the molecule is CC(Cl)c1nc2cc(Br)c(F)cc2n1CC1CCSCC1. The third-order valence-corrected chi connectivity index (χ3v) is 5.81. The summed E-state index contributed by atoms with van der Waals surface area (Å²) in [6, 6.07) is 3.30. The summed E-state index contributed by atoms with van der Waals surface area (Å²) in [5.41, 5.74) is 1.65. The summed E-state index contributed by atoms with van der Waals surface area (Å²) in [6.45, 7) is 2.80. The van der Waals surface area contributed by atoms with Crippen molar-refractivity contribution < 1.29 is 4.39 Å². The molecule has 1 atom stereocenters. The van der Waals surface area contributed by atoms with E-state index in [0.717, 1.165) is 23.4 Å². The Morgan fingerprint density at radius 1 is 1.48 bits per heavy atom. The third kappa shape index (κ3) is 3.25. The van der Waals surface area contributed by atoms with Gasteiger partial charge in [-0.05, 0) is 59.2 Å². The minimum atomic E-state index is -0.253. The van der Waals surface area contributed by atoms with Gasteiger partial charge in [-0.25, -0.2) is 9.37 Å². The maximum absolute atomic E-state index is 13.9. The fourth-order valence-corrected chi connectivity index (χ4v) is 4.52. The fourth-order valence-electron chi connectivity index (χ4n) is 2.82. The summed E-state index contributed by atoms with van der Waals surface area (Å²) in [4.78, 5) is 4.61. The van der Waals surface area contributed by atoms with Crippen LogP contribution in [0.5, 0.6) is 0 Å². The van der Waals surface area contributed by atoms with Crippen LogP contribution in [0.25, 0.3) is 11.0 Å². The lowest BCUT2D eigenvalue weighted by atomic mass is 10.0. The second-order valence-electron chi connectivity index (χ2n) is 5.51. The summed E-state index contributed by atoms with van der Waals surface area (Å²) >= 11 is 11.5. The van der Waals surface area contributed by atoms with E-state index >= 15 is 0 Å². The quantitative estimate of drug-likeness (QED) is 0.654. The lowest BCUT2D eigenvalue weighted by Gasteiger charge is -2.23. The molecule has 1 saturated heterocycles. The van der Waals surface area contributed by atoms with Crippen LogP contribution in [0, 0.1) is 11.7 Å². The van der Waals surface area contributed by atoms with E-state index < -0.39 is 0 Å². The highest BCUT2D eigenvalue weighted by molar-refractivity contribution is 9.10. The number of aromatic nitrogens is 2. The predicted octanol–water partition coefficient (Wildman–Crippen LogP) is 5.38. The Kier molecular flexibility index (Phi) is 4.81. The molecule has 3 rings (SSSR count). The number of rotatable bonds is 3. The standard InChI is InChI=1S/C15H17BrClFN2S/c1-9(17)15-19-13-6-11(16)12(18)7-14(13)20(15)8-10-2-4-21-5-3-10/h6-7,9-10H,2-5,8H2,1H3. The van der Waals surface area contributed by atoms with E-state index in [4.69, 9.17) is 11.6 Å². The minimum absolute atomic E-state index is 0.183. The Balaban J connectivity index is 2.04. The number of halogens is 3. The van der Waals surface area contributed by atoms with Gasteiger partial charge in [0.1, 0.15) is 11.6 Å².